The number of rotatable bonds is 6. The zero-order chi connectivity index (χ0) is 7.82. The second-order valence-corrected chi connectivity index (χ2v) is 2.82. The van der Waals surface area contributed by atoms with Crippen molar-refractivity contribution in [2.75, 3.05) is 13.0 Å². The standard InChI is InChI=1S/C8H17ClO/c1-3-4-5-6-8(7-9)10-2/h8H,3-7H2,1-2H3. The molecule has 0 bridgehead atoms. The van der Waals surface area contributed by atoms with E-state index in [-0.39, 0.29) is 6.10 Å². The van der Waals surface area contributed by atoms with Crippen molar-refractivity contribution in [3.05, 3.63) is 0 Å². The Labute approximate surface area is 68.7 Å². The number of hydrogen-bond acceptors (Lipinski definition) is 1. The smallest absolute Gasteiger partial charge is 0.0706 e. The third-order valence-corrected chi connectivity index (χ3v) is 1.98. The molecule has 0 aromatic rings. The molecule has 0 saturated carbocycles. The quantitative estimate of drug-likeness (QED) is 0.434. The average molecular weight is 165 g/mol. The molecule has 0 N–H and O–H groups in total. The van der Waals surface area contributed by atoms with Crippen LogP contribution in [-0.2, 0) is 4.74 Å². The molecule has 10 heavy (non-hydrogen) atoms. The summed E-state index contributed by atoms with van der Waals surface area (Å²) in [5.74, 6) is 0.625. The summed E-state index contributed by atoms with van der Waals surface area (Å²) >= 11 is 5.62. The van der Waals surface area contributed by atoms with Crippen LogP contribution in [0.4, 0.5) is 0 Å². The maximum absolute atomic E-state index is 5.62. The Morgan fingerprint density at radius 3 is 2.50 bits per heavy atom. The molecule has 1 unspecified atom stereocenters. The molecule has 0 aromatic heterocycles. The van der Waals surface area contributed by atoms with Gasteiger partial charge in [-0.1, -0.05) is 26.2 Å². The van der Waals surface area contributed by atoms with Crippen molar-refractivity contribution in [2.24, 2.45) is 0 Å². The summed E-state index contributed by atoms with van der Waals surface area (Å²) in [7, 11) is 1.72. The Morgan fingerprint density at radius 1 is 1.40 bits per heavy atom. The summed E-state index contributed by atoms with van der Waals surface area (Å²) < 4.78 is 5.11. The van der Waals surface area contributed by atoms with Crippen molar-refractivity contribution in [1.29, 1.82) is 0 Å². The molecule has 0 aliphatic rings. The Bertz CT molecular complexity index is 62.3. The van der Waals surface area contributed by atoms with Gasteiger partial charge in [-0.25, -0.2) is 0 Å². The van der Waals surface area contributed by atoms with Crippen LogP contribution < -0.4 is 0 Å². The van der Waals surface area contributed by atoms with Crippen molar-refractivity contribution < 1.29 is 4.74 Å². The van der Waals surface area contributed by atoms with Crippen molar-refractivity contribution in [2.45, 2.75) is 38.7 Å². The van der Waals surface area contributed by atoms with Gasteiger partial charge in [-0.3, -0.25) is 0 Å². The van der Waals surface area contributed by atoms with Gasteiger partial charge in [-0.2, -0.15) is 0 Å². The van der Waals surface area contributed by atoms with Gasteiger partial charge in [0, 0.05) is 13.0 Å². The van der Waals surface area contributed by atoms with Crippen molar-refractivity contribution in [3.8, 4) is 0 Å². The zero-order valence-electron chi connectivity index (χ0n) is 6.90. The highest BCUT2D eigenvalue weighted by molar-refractivity contribution is 6.18. The third-order valence-electron chi connectivity index (χ3n) is 1.64. The van der Waals surface area contributed by atoms with Gasteiger partial charge in [-0.15, -0.1) is 11.6 Å². The molecule has 0 saturated heterocycles. The van der Waals surface area contributed by atoms with Gasteiger partial charge >= 0.3 is 0 Å². The van der Waals surface area contributed by atoms with Gasteiger partial charge in [0.05, 0.1) is 6.10 Å². The summed E-state index contributed by atoms with van der Waals surface area (Å²) in [4.78, 5) is 0. The Balaban J connectivity index is 3.09. The fraction of sp³-hybridized carbons (Fsp3) is 1.00. The summed E-state index contributed by atoms with van der Waals surface area (Å²) in [6.07, 6.45) is 5.17. The molecule has 0 spiro atoms. The van der Waals surface area contributed by atoms with Crippen molar-refractivity contribution in [3.63, 3.8) is 0 Å². The lowest BCUT2D eigenvalue weighted by Crippen LogP contribution is -2.11. The Morgan fingerprint density at radius 2 is 2.10 bits per heavy atom. The van der Waals surface area contributed by atoms with Crippen molar-refractivity contribution in [1.82, 2.24) is 0 Å². The van der Waals surface area contributed by atoms with Crippen molar-refractivity contribution >= 4 is 11.6 Å². The van der Waals surface area contributed by atoms with Crippen LogP contribution in [-0.4, -0.2) is 19.1 Å². The first-order valence-electron chi connectivity index (χ1n) is 3.93. The van der Waals surface area contributed by atoms with Gasteiger partial charge in [0.25, 0.3) is 0 Å². The second-order valence-electron chi connectivity index (χ2n) is 2.51. The number of ether oxygens (including phenoxy) is 1. The van der Waals surface area contributed by atoms with Crippen LogP contribution in [0.5, 0.6) is 0 Å². The van der Waals surface area contributed by atoms with E-state index in [0.29, 0.717) is 5.88 Å². The van der Waals surface area contributed by atoms with E-state index in [2.05, 4.69) is 6.92 Å². The summed E-state index contributed by atoms with van der Waals surface area (Å²) in [6.45, 7) is 2.20. The summed E-state index contributed by atoms with van der Waals surface area (Å²) in [5, 5.41) is 0. The van der Waals surface area contributed by atoms with E-state index in [1.165, 1.54) is 19.3 Å². The minimum Gasteiger partial charge on any atom is -0.380 e. The number of methoxy groups -OCH3 is 1. The number of alkyl halides is 1. The third kappa shape index (κ3) is 5.07. The SMILES string of the molecule is CCCCCC(CCl)OC. The van der Waals surface area contributed by atoms with E-state index in [9.17, 15) is 0 Å². The van der Waals surface area contributed by atoms with E-state index < -0.39 is 0 Å². The molecule has 62 valence electrons. The van der Waals surface area contributed by atoms with Crippen LogP contribution in [0.3, 0.4) is 0 Å². The van der Waals surface area contributed by atoms with Gasteiger partial charge in [0.15, 0.2) is 0 Å². The highest BCUT2D eigenvalue weighted by Crippen LogP contribution is 2.06. The summed E-state index contributed by atoms with van der Waals surface area (Å²) in [5.41, 5.74) is 0. The largest absolute Gasteiger partial charge is 0.380 e. The maximum atomic E-state index is 5.62. The number of hydrogen-bond donors (Lipinski definition) is 0. The highest BCUT2D eigenvalue weighted by Gasteiger charge is 2.02. The lowest BCUT2D eigenvalue weighted by atomic mass is 10.1. The summed E-state index contributed by atoms with van der Waals surface area (Å²) in [6, 6.07) is 0. The predicted octanol–water partition coefficient (Wildman–Crippen LogP) is 2.82. The minimum absolute atomic E-state index is 0.271. The zero-order valence-corrected chi connectivity index (χ0v) is 7.66. The van der Waals surface area contributed by atoms with Crippen LogP contribution in [0.2, 0.25) is 0 Å². The molecule has 2 heteroatoms. The number of halogens is 1. The topological polar surface area (TPSA) is 9.23 Å². The fourth-order valence-corrected chi connectivity index (χ4v) is 1.16. The first-order chi connectivity index (χ1) is 4.85. The van der Waals surface area contributed by atoms with Gasteiger partial charge in [-0.05, 0) is 6.42 Å². The molecule has 0 rings (SSSR count). The van der Waals surface area contributed by atoms with Gasteiger partial charge in [0.2, 0.25) is 0 Å². The molecule has 0 aliphatic carbocycles. The molecule has 1 atom stereocenters. The Kier molecular flexibility index (Phi) is 7.54. The van der Waals surface area contributed by atoms with E-state index >= 15 is 0 Å². The molecule has 0 heterocycles. The Hall–Kier alpha value is 0.250. The monoisotopic (exact) mass is 164 g/mol. The first kappa shape index (κ1) is 10.2. The number of unbranched alkanes of at least 4 members (excludes halogenated alkanes) is 2. The van der Waals surface area contributed by atoms with E-state index in [1.807, 2.05) is 0 Å². The molecule has 0 aromatic carbocycles. The van der Waals surface area contributed by atoms with Crippen LogP contribution in [0.1, 0.15) is 32.6 Å². The normalized spacial score (nSPS) is 13.5. The highest BCUT2D eigenvalue weighted by atomic mass is 35.5. The molecular formula is C8H17ClO. The maximum Gasteiger partial charge on any atom is 0.0706 e. The van der Waals surface area contributed by atoms with Crippen LogP contribution in [0.25, 0.3) is 0 Å². The second kappa shape index (κ2) is 7.36. The van der Waals surface area contributed by atoms with Gasteiger partial charge in [0.1, 0.15) is 0 Å². The molecule has 0 aliphatic heterocycles. The average Bonchev–Trinajstić information content (AvgIpc) is 1.99. The lowest BCUT2D eigenvalue weighted by molar-refractivity contribution is 0.111. The molecule has 1 nitrogen and oxygen atoms in total. The van der Waals surface area contributed by atoms with E-state index in [4.69, 9.17) is 16.3 Å². The molecule has 0 amide bonds. The van der Waals surface area contributed by atoms with Crippen LogP contribution in [0.15, 0.2) is 0 Å². The first-order valence-corrected chi connectivity index (χ1v) is 4.47. The van der Waals surface area contributed by atoms with Gasteiger partial charge < -0.3 is 4.74 Å². The lowest BCUT2D eigenvalue weighted by Gasteiger charge is -2.10. The minimum atomic E-state index is 0.271. The molecule has 0 fully saturated rings. The molecule has 0 radical (unpaired) electrons. The molecular weight excluding hydrogens is 148 g/mol. The fourth-order valence-electron chi connectivity index (χ4n) is 0.880. The van der Waals surface area contributed by atoms with Crippen LogP contribution >= 0.6 is 11.6 Å². The van der Waals surface area contributed by atoms with E-state index in [1.54, 1.807) is 7.11 Å². The van der Waals surface area contributed by atoms with Crippen LogP contribution in [0, 0.1) is 0 Å². The predicted molar refractivity (Wildman–Crippen MR) is 45.7 cm³/mol. The van der Waals surface area contributed by atoms with E-state index in [0.717, 1.165) is 6.42 Å².